The Morgan fingerprint density at radius 3 is 2.68 bits per heavy atom. The van der Waals surface area contributed by atoms with Gasteiger partial charge in [-0.3, -0.25) is 4.79 Å². The first-order valence-electron chi connectivity index (χ1n) is 8.45. The molecule has 1 amide bonds. The van der Waals surface area contributed by atoms with E-state index in [1.54, 1.807) is 6.92 Å². The summed E-state index contributed by atoms with van der Waals surface area (Å²) in [6.45, 7) is 13.5. The Morgan fingerprint density at radius 2 is 2.14 bits per heavy atom. The number of carbonyl (C=O) groups excluding carboxylic acids is 1. The molecule has 1 heterocycles. The molecule has 1 atom stereocenters. The summed E-state index contributed by atoms with van der Waals surface area (Å²) in [5.41, 5.74) is 2.79. The highest BCUT2D eigenvalue weighted by Gasteiger charge is 2.22. The van der Waals surface area contributed by atoms with Gasteiger partial charge in [0.2, 0.25) is 5.91 Å². The van der Waals surface area contributed by atoms with Gasteiger partial charge in [-0.25, -0.2) is 0 Å². The number of amides is 1. The summed E-state index contributed by atoms with van der Waals surface area (Å²) >= 11 is 0. The van der Waals surface area contributed by atoms with Crippen LogP contribution in [0.25, 0.3) is 0 Å². The van der Waals surface area contributed by atoms with Crippen LogP contribution in [0.2, 0.25) is 0 Å². The molecule has 1 aromatic carbocycles. The second kappa shape index (κ2) is 9.45. The van der Waals surface area contributed by atoms with Crippen molar-refractivity contribution >= 4 is 5.91 Å². The van der Waals surface area contributed by atoms with Gasteiger partial charge >= 0.3 is 0 Å². The Hall–Kier alpha value is -1.57. The highest BCUT2D eigenvalue weighted by molar-refractivity contribution is 5.73. The molecule has 2 heteroatoms. The Labute approximate surface area is 136 Å². The van der Waals surface area contributed by atoms with E-state index in [1.165, 1.54) is 17.5 Å². The van der Waals surface area contributed by atoms with E-state index in [9.17, 15) is 4.79 Å². The summed E-state index contributed by atoms with van der Waals surface area (Å²) in [5.74, 6) is 1.29. The summed E-state index contributed by atoms with van der Waals surface area (Å²) in [4.78, 5) is 13.5. The molecule has 1 aliphatic rings. The third-order valence-corrected chi connectivity index (χ3v) is 4.20. The van der Waals surface area contributed by atoms with Crippen LogP contribution in [0.4, 0.5) is 0 Å². The van der Waals surface area contributed by atoms with Gasteiger partial charge in [0.1, 0.15) is 0 Å². The van der Waals surface area contributed by atoms with E-state index in [2.05, 4.69) is 51.6 Å². The molecule has 1 aliphatic heterocycles. The van der Waals surface area contributed by atoms with Gasteiger partial charge in [0, 0.05) is 25.9 Å². The lowest BCUT2D eigenvalue weighted by Crippen LogP contribution is -2.37. The molecule has 1 unspecified atom stereocenters. The van der Waals surface area contributed by atoms with Crippen molar-refractivity contribution in [1.29, 1.82) is 0 Å². The third-order valence-electron chi connectivity index (χ3n) is 4.20. The molecule has 1 saturated heterocycles. The van der Waals surface area contributed by atoms with E-state index in [4.69, 9.17) is 0 Å². The van der Waals surface area contributed by atoms with Gasteiger partial charge < -0.3 is 4.90 Å². The molecule has 122 valence electrons. The van der Waals surface area contributed by atoms with Crippen LogP contribution >= 0.6 is 0 Å². The topological polar surface area (TPSA) is 20.3 Å². The molecule has 0 aliphatic carbocycles. The lowest BCUT2D eigenvalue weighted by Gasteiger charge is -2.32. The van der Waals surface area contributed by atoms with Crippen molar-refractivity contribution in [3.63, 3.8) is 0 Å². The first-order chi connectivity index (χ1) is 10.5. The number of likely N-dealkylation sites (tertiary alicyclic amines) is 1. The van der Waals surface area contributed by atoms with Crippen molar-refractivity contribution in [2.75, 3.05) is 13.1 Å². The van der Waals surface area contributed by atoms with Gasteiger partial charge in [0.05, 0.1) is 0 Å². The molecule has 2 rings (SSSR count). The molecule has 0 bridgehead atoms. The first kappa shape index (κ1) is 18.5. The van der Waals surface area contributed by atoms with Crippen molar-refractivity contribution in [1.82, 2.24) is 4.90 Å². The Morgan fingerprint density at radius 1 is 1.45 bits per heavy atom. The highest BCUT2D eigenvalue weighted by atomic mass is 16.2. The summed E-state index contributed by atoms with van der Waals surface area (Å²) in [7, 11) is 0. The average molecular weight is 301 g/mol. The molecule has 0 N–H and O–H groups in total. The fourth-order valence-corrected chi connectivity index (χ4v) is 2.71. The smallest absolute Gasteiger partial charge is 0.219 e. The van der Waals surface area contributed by atoms with E-state index in [0.29, 0.717) is 11.8 Å². The van der Waals surface area contributed by atoms with Crippen LogP contribution in [0.5, 0.6) is 0 Å². The van der Waals surface area contributed by atoms with Crippen LogP contribution in [-0.2, 0) is 4.79 Å². The zero-order chi connectivity index (χ0) is 16.5. The minimum absolute atomic E-state index is 0.208. The number of hydrogen-bond donors (Lipinski definition) is 0. The summed E-state index contributed by atoms with van der Waals surface area (Å²) < 4.78 is 0. The third kappa shape index (κ3) is 5.67. The van der Waals surface area contributed by atoms with Crippen LogP contribution in [0.15, 0.2) is 36.9 Å². The second-order valence-corrected chi connectivity index (χ2v) is 6.33. The van der Waals surface area contributed by atoms with E-state index in [0.717, 1.165) is 25.9 Å². The van der Waals surface area contributed by atoms with Gasteiger partial charge in [-0.2, -0.15) is 0 Å². The number of carbonyl (C=O) groups is 1. The van der Waals surface area contributed by atoms with Crippen molar-refractivity contribution in [2.45, 2.75) is 58.8 Å². The number of rotatable bonds is 3. The van der Waals surface area contributed by atoms with Crippen LogP contribution in [-0.4, -0.2) is 23.9 Å². The van der Waals surface area contributed by atoms with E-state index >= 15 is 0 Å². The standard InChI is InChI=1S/C16H23NO.C4H8/c1-12(2)14-6-4-7-15(10-14)16-8-5-9-17(11-16)13(3)18;1-3-4-2/h4,6-7,10,12,16H,5,8-9,11H2,1-3H3;3H,1,4H2,2H3. The first-order valence-corrected chi connectivity index (χ1v) is 8.45. The number of piperidine rings is 1. The van der Waals surface area contributed by atoms with E-state index in [1.807, 2.05) is 11.0 Å². The quantitative estimate of drug-likeness (QED) is 0.710. The SMILES string of the molecule is C=CCC.CC(=O)N1CCCC(c2cccc(C(C)C)c2)C1. The van der Waals surface area contributed by atoms with Gasteiger partial charge in [-0.1, -0.05) is 51.1 Å². The molecule has 0 saturated carbocycles. The summed E-state index contributed by atoms with van der Waals surface area (Å²) in [5, 5.41) is 0. The molecular formula is C20H31NO. The number of hydrogen-bond acceptors (Lipinski definition) is 1. The molecule has 1 aromatic rings. The number of nitrogens with zero attached hydrogens (tertiary/aromatic N) is 1. The molecule has 1 fully saturated rings. The zero-order valence-corrected chi connectivity index (χ0v) is 14.6. The second-order valence-electron chi connectivity index (χ2n) is 6.33. The molecule has 22 heavy (non-hydrogen) atoms. The maximum atomic E-state index is 11.5. The zero-order valence-electron chi connectivity index (χ0n) is 14.6. The van der Waals surface area contributed by atoms with Crippen molar-refractivity contribution in [2.24, 2.45) is 0 Å². The van der Waals surface area contributed by atoms with Crippen LogP contribution < -0.4 is 0 Å². The monoisotopic (exact) mass is 301 g/mol. The normalized spacial score (nSPS) is 17.7. The van der Waals surface area contributed by atoms with Crippen molar-refractivity contribution < 1.29 is 4.79 Å². The van der Waals surface area contributed by atoms with Crippen molar-refractivity contribution in [3.8, 4) is 0 Å². The minimum atomic E-state index is 0.208. The maximum Gasteiger partial charge on any atom is 0.219 e. The lowest BCUT2D eigenvalue weighted by molar-refractivity contribution is -0.130. The molecular weight excluding hydrogens is 270 g/mol. The lowest BCUT2D eigenvalue weighted by atomic mass is 9.88. The van der Waals surface area contributed by atoms with Gasteiger partial charge in [0.15, 0.2) is 0 Å². The van der Waals surface area contributed by atoms with E-state index < -0.39 is 0 Å². The number of allylic oxidation sites excluding steroid dienone is 1. The Bertz CT molecular complexity index is 478. The largest absolute Gasteiger partial charge is 0.342 e. The summed E-state index contributed by atoms with van der Waals surface area (Å²) in [6.07, 6.45) is 5.28. The maximum absolute atomic E-state index is 11.5. The van der Waals surface area contributed by atoms with Gasteiger partial charge in [0.25, 0.3) is 0 Å². The predicted octanol–water partition coefficient (Wildman–Crippen LogP) is 5.12. The van der Waals surface area contributed by atoms with E-state index in [-0.39, 0.29) is 5.91 Å². The average Bonchev–Trinajstić information content (AvgIpc) is 2.55. The van der Waals surface area contributed by atoms with Crippen LogP contribution in [0.1, 0.15) is 69.9 Å². The van der Waals surface area contributed by atoms with Gasteiger partial charge in [-0.05, 0) is 36.3 Å². The number of benzene rings is 1. The van der Waals surface area contributed by atoms with Gasteiger partial charge in [-0.15, -0.1) is 6.58 Å². The molecule has 0 aromatic heterocycles. The Balaban J connectivity index is 0.000000541. The van der Waals surface area contributed by atoms with Crippen molar-refractivity contribution in [3.05, 3.63) is 48.0 Å². The minimum Gasteiger partial charge on any atom is -0.342 e. The summed E-state index contributed by atoms with van der Waals surface area (Å²) in [6, 6.07) is 8.87. The fourth-order valence-electron chi connectivity index (χ4n) is 2.71. The highest BCUT2D eigenvalue weighted by Crippen LogP contribution is 2.28. The van der Waals surface area contributed by atoms with Crippen LogP contribution in [0.3, 0.4) is 0 Å². The fraction of sp³-hybridized carbons (Fsp3) is 0.550. The predicted molar refractivity (Wildman–Crippen MR) is 95.2 cm³/mol. The Kier molecular flexibility index (Phi) is 7.94. The molecule has 0 radical (unpaired) electrons. The molecule has 0 spiro atoms. The van der Waals surface area contributed by atoms with Crippen LogP contribution in [0, 0.1) is 0 Å². The molecule has 2 nitrogen and oxygen atoms in total.